The fraction of sp³-hybridized carbons (Fsp3) is 0.417. The molecule has 0 unspecified atom stereocenters. The predicted octanol–water partition coefficient (Wildman–Crippen LogP) is 1.85. The maximum atomic E-state index is 10.7. The van der Waals surface area contributed by atoms with Crippen molar-refractivity contribution in [2.24, 2.45) is 5.73 Å². The molecule has 0 heterocycles. The van der Waals surface area contributed by atoms with Gasteiger partial charge in [-0.3, -0.25) is 4.79 Å². The van der Waals surface area contributed by atoms with E-state index < -0.39 is 20.3 Å². The molecule has 3 N–H and O–H groups in total. The van der Waals surface area contributed by atoms with E-state index >= 15 is 0 Å². The lowest BCUT2D eigenvalue weighted by molar-refractivity contribution is -0.138. The van der Waals surface area contributed by atoms with E-state index in [0.29, 0.717) is 6.42 Å². The summed E-state index contributed by atoms with van der Waals surface area (Å²) in [5, 5.41) is 8.75. The molecule has 94 valence electrons. The smallest absolute Gasteiger partial charge is 0.320 e. The summed E-state index contributed by atoms with van der Waals surface area (Å²) in [7, 11) is -1.63. The van der Waals surface area contributed by atoms with E-state index in [1.54, 1.807) is 0 Å². The van der Waals surface area contributed by atoms with Gasteiger partial charge in [0.25, 0.3) is 0 Å². The van der Waals surface area contributed by atoms with Gasteiger partial charge in [0.2, 0.25) is 8.32 Å². The lowest BCUT2D eigenvalue weighted by Crippen LogP contribution is -2.32. The lowest BCUT2D eigenvalue weighted by atomic mass is 10.1. The first kappa shape index (κ1) is 13.7. The van der Waals surface area contributed by atoms with Crippen molar-refractivity contribution in [3.05, 3.63) is 29.8 Å². The summed E-state index contributed by atoms with van der Waals surface area (Å²) in [6.07, 6.45) is 0.318. The topological polar surface area (TPSA) is 72.5 Å². The molecule has 0 aromatic heterocycles. The molecule has 1 atom stereocenters. The number of carboxylic acids is 1. The summed E-state index contributed by atoms with van der Waals surface area (Å²) >= 11 is 0. The third-order valence-corrected chi connectivity index (χ3v) is 2.94. The van der Waals surface area contributed by atoms with Crippen LogP contribution in [0.15, 0.2) is 24.3 Å². The largest absolute Gasteiger partial charge is 0.544 e. The molecule has 1 aromatic rings. The van der Waals surface area contributed by atoms with E-state index in [1.165, 1.54) is 0 Å². The molecule has 0 aliphatic rings. The van der Waals surface area contributed by atoms with Crippen LogP contribution in [0.1, 0.15) is 5.56 Å². The van der Waals surface area contributed by atoms with Gasteiger partial charge in [0, 0.05) is 0 Å². The first-order valence-corrected chi connectivity index (χ1v) is 8.95. The Bertz CT molecular complexity index is 401. The summed E-state index contributed by atoms with van der Waals surface area (Å²) in [6.45, 7) is 6.30. The van der Waals surface area contributed by atoms with E-state index in [0.717, 1.165) is 11.3 Å². The molecule has 0 fully saturated rings. The fourth-order valence-corrected chi connectivity index (χ4v) is 2.26. The second-order valence-electron chi connectivity index (χ2n) is 5.01. The highest BCUT2D eigenvalue weighted by molar-refractivity contribution is 6.70. The third-order valence-electron chi connectivity index (χ3n) is 2.10. The number of carboxylic acid groups (broad SMARTS) is 1. The third kappa shape index (κ3) is 5.01. The van der Waals surface area contributed by atoms with Crippen LogP contribution in [0.2, 0.25) is 19.6 Å². The normalized spacial score (nSPS) is 13.2. The van der Waals surface area contributed by atoms with E-state index in [-0.39, 0.29) is 0 Å². The van der Waals surface area contributed by atoms with Crippen molar-refractivity contribution in [2.45, 2.75) is 32.1 Å². The van der Waals surface area contributed by atoms with Gasteiger partial charge in [-0.05, 0) is 43.8 Å². The molecule has 0 bridgehead atoms. The summed E-state index contributed by atoms with van der Waals surface area (Å²) in [5.41, 5.74) is 6.38. The molecule has 0 aliphatic carbocycles. The molecule has 0 aliphatic heterocycles. The lowest BCUT2D eigenvalue weighted by Gasteiger charge is -2.19. The van der Waals surface area contributed by atoms with Crippen molar-refractivity contribution in [2.75, 3.05) is 0 Å². The Morgan fingerprint density at radius 2 is 2.12 bits per heavy atom. The van der Waals surface area contributed by atoms with Crippen LogP contribution in [0.3, 0.4) is 0 Å². The van der Waals surface area contributed by atoms with Crippen LogP contribution in [-0.4, -0.2) is 25.4 Å². The van der Waals surface area contributed by atoms with E-state index in [2.05, 4.69) is 19.6 Å². The Morgan fingerprint density at radius 3 is 2.65 bits per heavy atom. The van der Waals surface area contributed by atoms with Crippen LogP contribution in [0.25, 0.3) is 0 Å². The van der Waals surface area contributed by atoms with Gasteiger partial charge in [-0.25, -0.2) is 0 Å². The SMILES string of the molecule is C[Si](C)(C)Oc1cccc(C[C@@H](N)C(=O)O)c1. The molecule has 4 nitrogen and oxygen atoms in total. The molecule has 1 aromatic carbocycles. The highest BCUT2D eigenvalue weighted by atomic mass is 28.4. The van der Waals surface area contributed by atoms with Crippen molar-refractivity contribution in [1.82, 2.24) is 0 Å². The molecular weight excluding hydrogens is 234 g/mol. The average Bonchev–Trinajstić information content (AvgIpc) is 2.15. The highest BCUT2D eigenvalue weighted by Crippen LogP contribution is 2.18. The molecule has 17 heavy (non-hydrogen) atoms. The second kappa shape index (κ2) is 5.33. The first-order chi connectivity index (χ1) is 7.78. The molecule has 5 heteroatoms. The number of rotatable bonds is 5. The Morgan fingerprint density at radius 1 is 1.47 bits per heavy atom. The van der Waals surface area contributed by atoms with E-state index in [9.17, 15) is 4.79 Å². The van der Waals surface area contributed by atoms with Gasteiger partial charge in [-0.1, -0.05) is 12.1 Å². The van der Waals surface area contributed by atoms with Gasteiger partial charge in [-0.15, -0.1) is 0 Å². The number of hydrogen-bond acceptors (Lipinski definition) is 3. The van der Waals surface area contributed by atoms with Crippen LogP contribution in [0, 0.1) is 0 Å². The minimum absolute atomic E-state index is 0.318. The standard InChI is InChI=1S/C12H19NO3Si/c1-17(2,3)16-10-6-4-5-9(7-10)8-11(13)12(14)15/h4-7,11H,8,13H2,1-3H3,(H,14,15)/t11-/m1/s1. The molecule has 0 spiro atoms. The Kier molecular flexibility index (Phi) is 4.31. The van der Waals surface area contributed by atoms with Gasteiger partial charge in [0.15, 0.2) is 0 Å². The van der Waals surface area contributed by atoms with Gasteiger partial charge in [0.05, 0.1) is 0 Å². The minimum atomic E-state index is -1.63. The maximum absolute atomic E-state index is 10.7. The monoisotopic (exact) mass is 253 g/mol. The van der Waals surface area contributed by atoms with Crippen molar-refractivity contribution >= 4 is 14.3 Å². The van der Waals surface area contributed by atoms with Crippen molar-refractivity contribution in [3.63, 3.8) is 0 Å². The van der Waals surface area contributed by atoms with Gasteiger partial charge >= 0.3 is 5.97 Å². The minimum Gasteiger partial charge on any atom is -0.544 e. The van der Waals surface area contributed by atoms with Crippen molar-refractivity contribution < 1.29 is 14.3 Å². The highest BCUT2D eigenvalue weighted by Gasteiger charge is 2.17. The second-order valence-corrected chi connectivity index (χ2v) is 9.44. The van der Waals surface area contributed by atoms with Crippen LogP contribution < -0.4 is 10.2 Å². The average molecular weight is 253 g/mol. The molecule has 0 saturated heterocycles. The van der Waals surface area contributed by atoms with E-state index in [1.807, 2.05) is 24.3 Å². The number of carbonyl (C=O) groups is 1. The zero-order chi connectivity index (χ0) is 13.1. The molecule has 0 radical (unpaired) electrons. The Balaban J connectivity index is 2.76. The van der Waals surface area contributed by atoms with Gasteiger partial charge < -0.3 is 15.3 Å². The van der Waals surface area contributed by atoms with Crippen LogP contribution in [0.4, 0.5) is 0 Å². The zero-order valence-electron chi connectivity index (χ0n) is 10.4. The van der Waals surface area contributed by atoms with Gasteiger partial charge in [-0.2, -0.15) is 0 Å². The first-order valence-electron chi connectivity index (χ1n) is 5.54. The Hall–Kier alpha value is -1.33. The van der Waals surface area contributed by atoms with Crippen molar-refractivity contribution in [1.29, 1.82) is 0 Å². The van der Waals surface area contributed by atoms with Crippen LogP contribution >= 0.6 is 0 Å². The van der Waals surface area contributed by atoms with Crippen LogP contribution in [0.5, 0.6) is 5.75 Å². The van der Waals surface area contributed by atoms with Gasteiger partial charge in [0.1, 0.15) is 11.8 Å². The Labute approximate surface area is 103 Å². The van der Waals surface area contributed by atoms with Crippen molar-refractivity contribution in [3.8, 4) is 5.75 Å². The number of benzene rings is 1. The molecule has 0 amide bonds. The quantitative estimate of drug-likeness (QED) is 0.786. The summed E-state index contributed by atoms with van der Waals surface area (Å²) in [5.74, 6) is -0.194. The van der Waals surface area contributed by atoms with E-state index in [4.69, 9.17) is 15.3 Å². The summed E-state index contributed by atoms with van der Waals surface area (Å²) in [6, 6.07) is 6.60. The predicted molar refractivity (Wildman–Crippen MR) is 69.7 cm³/mol. The molecular formula is C12H19NO3Si. The number of aliphatic carboxylic acids is 1. The summed E-state index contributed by atoms with van der Waals surface area (Å²) in [4.78, 5) is 10.7. The number of hydrogen-bond donors (Lipinski definition) is 2. The fourth-order valence-electron chi connectivity index (χ4n) is 1.43. The zero-order valence-corrected chi connectivity index (χ0v) is 11.4. The molecule has 0 saturated carbocycles. The van der Waals surface area contributed by atoms with Crippen LogP contribution in [-0.2, 0) is 11.2 Å². The molecule has 1 rings (SSSR count). The maximum Gasteiger partial charge on any atom is 0.320 e. The summed E-state index contributed by atoms with van der Waals surface area (Å²) < 4.78 is 5.84. The number of nitrogens with two attached hydrogens (primary N) is 1.